The summed E-state index contributed by atoms with van der Waals surface area (Å²) in [6, 6.07) is 30.0. The van der Waals surface area contributed by atoms with Gasteiger partial charge in [-0.25, -0.2) is 8.42 Å². The topological polar surface area (TPSA) is 86.8 Å². The molecule has 4 rings (SSSR count). The van der Waals surface area contributed by atoms with Crippen LogP contribution >= 0.6 is 11.8 Å². The summed E-state index contributed by atoms with van der Waals surface area (Å²) in [6.45, 7) is 5.76. The summed E-state index contributed by atoms with van der Waals surface area (Å²) in [5.74, 6) is -0.777. The number of benzene rings is 4. The normalized spacial score (nSPS) is 11.9. The molecule has 9 heteroatoms. The molecule has 44 heavy (non-hydrogen) atoms. The third kappa shape index (κ3) is 8.09. The second-order valence-corrected chi connectivity index (χ2v) is 13.3. The molecular weight excluding hydrogens is 591 g/mol. The zero-order valence-electron chi connectivity index (χ0n) is 25.6. The number of hydrogen-bond acceptors (Lipinski definition) is 5. The minimum Gasteiger partial charge on any atom is -0.355 e. The monoisotopic (exact) mass is 629 g/mol. The highest BCUT2D eigenvalue weighted by atomic mass is 32.2. The smallest absolute Gasteiger partial charge is 0.264 e. The Bertz CT molecular complexity index is 1660. The van der Waals surface area contributed by atoms with Gasteiger partial charge in [-0.1, -0.05) is 72.3 Å². The number of hydrogen-bond donors (Lipinski definition) is 1. The zero-order chi connectivity index (χ0) is 31.7. The second-order valence-electron chi connectivity index (χ2n) is 10.6. The predicted octanol–water partition coefficient (Wildman–Crippen LogP) is 6.00. The Morgan fingerprint density at radius 2 is 1.48 bits per heavy atom. The molecule has 0 spiro atoms. The van der Waals surface area contributed by atoms with Gasteiger partial charge in [-0.3, -0.25) is 13.9 Å². The maximum absolute atomic E-state index is 14.5. The molecule has 0 unspecified atom stereocenters. The van der Waals surface area contributed by atoms with Crippen molar-refractivity contribution in [2.45, 2.75) is 49.6 Å². The highest BCUT2D eigenvalue weighted by molar-refractivity contribution is 7.98. The largest absolute Gasteiger partial charge is 0.355 e. The first-order valence-corrected chi connectivity index (χ1v) is 17.2. The van der Waals surface area contributed by atoms with E-state index in [9.17, 15) is 18.0 Å². The number of anilines is 1. The van der Waals surface area contributed by atoms with E-state index in [-0.39, 0.29) is 23.8 Å². The number of carbonyl (C=O) groups excluding carboxylic acids is 2. The molecule has 1 atom stereocenters. The first-order chi connectivity index (χ1) is 21.1. The van der Waals surface area contributed by atoms with Gasteiger partial charge in [-0.05, 0) is 80.1 Å². The van der Waals surface area contributed by atoms with E-state index in [1.54, 1.807) is 36.4 Å². The first kappa shape index (κ1) is 32.8. The van der Waals surface area contributed by atoms with Crippen LogP contribution in [0.25, 0.3) is 0 Å². The molecule has 7 nitrogen and oxygen atoms in total. The number of likely N-dealkylation sites (N-methyl/N-ethyl adjacent to an activating group) is 1. The molecule has 0 heterocycles. The van der Waals surface area contributed by atoms with Crippen LogP contribution in [0.5, 0.6) is 0 Å². The molecule has 0 bridgehead atoms. The predicted molar refractivity (Wildman–Crippen MR) is 178 cm³/mol. The minimum absolute atomic E-state index is 0.0821. The number of aryl methyl sites for hydroxylation is 2. The number of rotatable bonds is 13. The van der Waals surface area contributed by atoms with Crippen molar-refractivity contribution in [2.75, 3.05) is 23.7 Å². The molecule has 0 saturated heterocycles. The summed E-state index contributed by atoms with van der Waals surface area (Å²) in [4.78, 5) is 30.6. The molecule has 1 N–H and O–H groups in total. The van der Waals surface area contributed by atoms with Gasteiger partial charge >= 0.3 is 0 Å². The zero-order valence-corrected chi connectivity index (χ0v) is 27.2. The van der Waals surface area contributed by atoms with Crippen LogP contribution in [0, 0.1) is 13.8 Å². The SMILES string of the molecule is CCNC(=O)[C@H](Cc1ccccc1)N(Cc1ccccc1C)C(=O)CN(c1ccc(C)cc1)S(=O)(=O)c1ccc(SC)cc1. The lowest BCUT2D eigenvalue weighted by atomic mass is 10.0. The molecule has 4 aromatic rings. The van der Waals surface area contributed by atoms with E-state index in [0.717, 1.165) is 31.5 Å². The van der Waals surface area contributed by atoms with Crippen LogP contribution in [0.3, 0.4) is 0 Å². The van der Waals surface area contributed by atoms with Gasteiger partial charge in [-0.2, -0.15) is 0 Å². The molecule has 0 aromatic heterocycles. The van der Waals surface area contributed by atoms with Crippen LogP contribution < -0.4 is 9.62 Å². The average Bonchev–Trinajstić information content (AvgIpc) is 3.03. The number of nitrogens with one attached hydrogen (secondary N) is 1. The molecule has 2 amide bonds. The van der Waals surface area contributed by atoms with Gasteiger partial charge in [0.25, 0.3) is 10.0 Å². The molecular formula is C35H39N3O4S2. The molecule has 0 radical (unpaired) electrons. The third-order valence-corrected chi connectivity index (χ3v) is 10.0. The van der Waals surface area contributed by atoms with Crippen LogP contribution in [-0.4, -0.2) is 50.5 Å². The Morgan fingerprint density at radius 1 is 0.841 bits per heavy atom. The molecule has 4 aromatic carbocycles. The average molecular weight is 630 g/mol. The number of thioether (sulfide) groups is 1. The lowest BCUT2D eigenvalue weighted by Crippen LogP contribution is -2.53. The van der Waals surface area contributed by atoms with E-state index in [0.29, 0.717) is 12.2 Å². The van der Waals surface area contributed by atoms with Crippen molar-refractivity contribution >= 4 is 39.3 Å². The van der Waals surface area contributed by atoms with Gasteiger partial charge in [0.05, 0.1) is 10.6 Å². The molecule has 0 saturated carbocycles. The fourth-order valence-corrected chi connectivity index (χ4v) is 6.75. The van der Waals surface area contributed by atoms with Crippen LogP contribution in [-0.2, 0) is 32.6 Å². The Balaban J connectivity index is 1.80. The van der Waals surface area contributed by atoms with Crippen molar-refractivity contribution in [1.82, 2.24) is 10.2 Å². The van der Waals surface area contributed by atoms with Crippen LogP contribution in [0.15, 0.2) is 113 Å². The van der Waals surface area contributed by atoms with Gasteiger partial charge in [0.2, 0.25) is 11.8 Å². The Hall–Kier alpha value is -4.08. The van der Waals surface area contributed by atoms with Crippen LogP contribution in [0.1, 0.15) is 29.2 Å². The number of carbonyl (C=O) groups is 2. The summed E-state index contributed by atoms with van der Waals surface area (Å²) >= 11 is 1.51. The van der Waals surface area contributed by atoms with Crippen molar-refractivity contribution in [3.63, 3.8) is 0 Å². The van der Waals surface area contributed by atoms with Crippen molar-refractivity contribution in [2.24, 2.45) is 0 Å². The number of nitrogens with zero attached hydrogens (tertiary/aromatic N) is 2. The quantitative estimate of drug-likeness (QED) is 0.184. The standard InChI is InChI=1S/C35H39N3O4S2/c1-5-36-35(40)33(23-28-12-7-6-8-13-28)37(24-29-14-10-9-11-27(29)3)34(39)25-38(30-17-15-26(2)16-18-30)44(41,42)32-21-19-31(43-4)20-22-32/h6-22,33H,5,23-25H2,1-4H3,(H,36,40)/t33-/m0/s1. The van der Waals surface area contributed by atoms with E-state index in [1.807, 2.05) is 93.8 Å². The Labute approximate surface area is 265 Å². The maximum Gasteiger partial charge on any atom is 0.264 e. The number of amides is 2. The highest BCUT2D eigenvalue weighted by Gasteiger charge is 2.34. The molecule has 0 fully saturated rings. The second kappa shape index (κ2) is 15.1. The van der Waals surface area contributed by atoms with Crippen LogP contribution in [0.4, 0.5) is 5.69 Å². The van der Waals surface area contributed by atoms with E-state index in [2.05, 4.69) is 5.32 Å². The van der Waals surface area contributed by atoms with Crippen molar-refractivity contribution in [1.29, 1.82) is 0 Å². The summed E-state index contributed by atoms with van der Waals surface area (Å²) in [6.07, 6.45) is 2.20. The summed E-state index contributed by atoms with van der Waals surface area (Å²) in [7, 11) is -4.14. The molecule has 0 aliphatic rings. The summed E-state index contributed by atoms with van der Waals surface area (Å²) in [5, 5.41) is 2.89. The van der Waals surface area contributed by atoms with E-state index < -0.39 is 28.5 Å². The first-order valence-electron chi connectivity index (χ1n) is 14.5. The Morgan fingerprint density at radius 3 is 2.09 bits per heavy atom. The van der Waals surface area contributed by atoms with E-state index in [1.165, 1.54) is 16.7 Å². The molecule has 0 aliphatic carbocycles. The maximum atomic E-state index is 14.5. The van der Waals surface area contributed by atoms with Crippen molar-refractivity contribution < 1.29 is 18.0 Å². The van der Waals surface area contributed by atoms with Gasteiger partial charge in [0.1, 0.15) is 12.6 Å². The Kier molecular flexibility index (Phi) is 11.3. The lowest BCUT2D eigenvalue weighted by Gasteiger charge is -2.34. The highest BCUT2D eigenvalue weighted by Crippen LogP contribution is 2.27. The van der Waals surface area contributed by atoms with Crippen LogP contribution in [0.2, 0.25) is 0 Å². The van der Waals surface area contributed by atoms with Gasteiger partial charge in [-0.15, -0.1) is 11.8 Å². The van der Waals surface area contributed by atoms with E-state index in [4.69, 9.17) is 0 Å². The van der Waals surface area contributed by atoms with Gasteiger partial charge in [0.15, 0.2) is 0 Å². The van der Waals surface area contributed by atoms with Gasteiger partial charge in [0, 0.05) is 24.4 Å². The third-order valence-electron chi connectivity index (χ3n) is 7.47. The fourth-order valence-electron chi connectivity index (χ4n) is 4.93. The lowest BCUT2D eigenvalue weighted by molar-refractivity contribution is -0.140. The fraction of sp³-hybridized carbons (Fsp3) is 0.257. The molecule has 230 valence electrons. The number of sulfonamides is 1. The van der Waals surface area contributed by atoms with Gasteiger partial charge < -0.3 is 10.2 Å². The molecule has 0 aliphatic heterocycles. The summed E-state index contributed by atoms with van der Waals surface area (Å²) < 4.78 is 29.5. The summed E-state index contributed by atoms with van der Waals surface area (Å²) in [5.41, 5.74) is 4.06. The van der Waals surface area contributed by atoms with Crippen molar-refractivity contribution in [3.05, 3.63) is 125 Å². The van der Waals surface area contributed by atoms with E-state index >= 15 is 0 Å². The minimum atomic E-state index is -4.14. The van der Waals surface area contributed by atoms with Crippen molar-refractivity contribution in [3.8, 4) is 0 Å².